The topological polar surface area (TPSA) is 97.6 Å². The van der Waals surface area contributed by atoms with Gasteiger partial charge in [0.25, 0.3) is 0 Å². The molecule has 1 aromatic heterocycles. The number of nitrogens with one attached hydrogen (secondary N) is 1. The number of nitrogens with zero attached hydrogens (tertiary/aromatic N) is 1. The lowest BCUT2D eigenvalue weighted by Gasteiger charge is -2.21. The minimum absolute atomic E-state index is 0.00821. The molecule has 1 aliphatic rings. The van der Waals surface area contributed by atoms with Crippen molar-refractivity contribution in [3.05, 3.63) is 23.8 Å². The summed E-state index contributed by atoms with van der Waals surface area (Å²) < 4.78 is 0.968. The van der Waals surface area contributed by atoms with Crippen LogP contribution in [0, 0.1) is 11.3 Å². The Morgan fingerprint density at radius 1 is 1.14 bits per heavy atom. The third-order valence-electron chi connectivity index (χ3n) is 5.28. The van der Waals surface area contributed by atoms with E-state index in [0.717, 1.165) is 36.8 Å². The Kier molecular flexibility index (Phi) is 5.68. The number of Topliss-reactive ketones (excluding diaryl/α,β-unsaturated/α-hetero) is 1. The molecule has 7 heteroatoms. The molecule has 0 radical (unpaired) electrons. The second kappa shape index (κ2) is 7.89. The molecule has 29 heavy (non-hydrogen) atoms. The van der Waals surface area contributed by atoms with E-state index in [1.807, 2.05) is 0 Å². The normalized spacial score (nSPS) is 15.3. The van der Waals surface area contributed by atoms with Gasteiger partial charge in [0, 0.05) is 17.0 Å². The number of fused-ring (bicyclic) bond motifs is 1. The van der Waals surface area contributed by atoms with Crippen LogP contribution in [0.1, 0.15) is 70.2 Å². The summed E-state index contributed by atoms with van der Waals surface area (Å²) >= 11 is 0. The number of aromatic nitrogens is 1. The van der Waals surface area contributed by atoms with E-state index in [-0.39, 0.29) is 23.2 Å². The van der Waals surface area contributed by atoms with E-state index in [1.165, 1.54) is 6.92 Å². The maximum atomic E-state index is 12.6. The van der Waals surface area contributed by atoms with Crippen molar-refractivity contribution in [3.8, 4) is 5.88 Å². The average Bonchev–Trinajstić information content (AvgIpc) is 2.93. The lowest BCUT2D eigenvalue weighted by atomic mass is 9.88. The maximum Gasteiger partial charge on any atom is 0.338 e. The molecule has 1 amide bonds. The van der Waals surface area contributed by atoms with E-state index in [2.05, 4.69) is 5.32 Å². The molecule has 156 valence electrons. The van der Waals surface area contributed by atoms with Crippen molar-refractivity contribution in [1.29, 1.82) is 0 Å². The lowest BCUT2D eigenvalue weighted by Crippen LogP contribution is -2.31. The van der Waals surface area contributed by atoms with Gasteiger partial charge in [-0.15, -0.1) is 4.73 Å². The van der Waals surface area contributed by atoms with Gasteiger partial charge >= 0.3 is 5.97 Å². The minimum Gasteiger partial charge on any atom is -0.492 e. The standard InChI is InChI=1S/C22H28N2O5/c1-13(25)18-16-11-10-15(23-19(26)14-8-6-5-7-9-14)12-17(16)24(20(18)27)29-21(28)22(2,3)4/h10-12,14,27H,5-9H2,1-4H3,(H,23,26). The Balaban J connectivity index is 1.99. The molecule has 1 aromatic carbocycles. The van der Waals surface area contributed by atoms with Crippen LogP contribution in [0.2, 0.25) is 0 Å². The third-order valence-corrected chi connectivity index (χ3v) is 5.28. The molecule has 2 N–H and O–H groups in total. The SMILES string of the molecule is CC(=O)c1c(O)n(OC(=O)C(C)(C)C)c2cc(NC(=O)C3CCCCC3)ccc12. The smallest absolute Gasteiger partial charge is 0.338 e. The molecule has 1 aliphatic carbocycles. The Morgan fingerprint density at radius 3 is 2.38 bits per heavy atom. The van der Waals surface area contributed by atoms with Gasteiger partial charge < -0.3 is 15.3 Å². The number of anilines is 1. The predicted molar refractivity (Wildman–Crippen MR) is 110 cm³/mol. The van der Waals surface area contributed by atoms with Gasteiger partial charge in [-0.25, -0.2) is 4.79 Å². The molecule has 0 unspecified atom stereocenters. The van der Waals surface area contributed by atoms with Gasteiger partial charge in [-0.1, -0.05) is 19.3 Å². The molecule has 1 saturated carbocycles. The zero-order chi connectivity index (χ0) is 21.3. The first-order valence-electron chi connectivity index (χ1n) is 10.0. The van der Waals surface area contributed by atoms with Crippen LogP contribution in [0.5, 0.6) is 5.88 Å². The number of hydrogen-bond donors (Lipinski definition) is 2. The fourth-order valence-electron chi connectivity index (χ4n) is 3.59. The van der Waals surface area contributed by atoms with Crippen LogP contribution in [0.25, 0.3) is 10.9 Å². The molecule has 1 fully saturated rings. The first-order chi connectivity index (χ1) is 13.6. The quantitative estimate of drug-likeness (QED) is 0.754. The summed E-state index contributed by atoms with van der Waals surface area (Å²) in [5, 5.41) is 13.9. The third kappa shape index (κ3) is 4.28. The molecule has 0 aliphatic heterocycles. The summed E-state index contributed by atoms with van der Waals surface area (Å²) in [5.74, 6) is -1.38. The van der Waals surface area contributed by atoms with Crippen molar-refractivity contribution in [2.45, 2.75) is 59.8 Å². The van der Waals surface area contributed by atoms with E-state index in [0.29, 0.717) is 16.6 Å². The number of rotatable bonds is 4. The van der Waals surface area contributed by atoms with Crippen LogP contribution < -0.4 is 10.2 Å². The second-order valence-corrected chi connectivity index (χ2v) is 8.73. The highest BCUT2D eigenvalue weighted by Gasteiger charge is 2.29. The molecule has 2 aromatic rings. The van der Waals surface area contributed by atoms with E-state index in [4.69, 9.17) is 4.84 Å². The van der Waals surface area contributed by atoms with E-state index < -0.39 is 17.3 Å². The van der Waals surface area contributed by atoms with Crippen LogP contribution in [-0.4, -0.2) is 27.5 Å². The van der Waals surface area contributed by atoms with Gasteiger partial charge in [-0.05, 0) is 58.7 Å². The van der Waals surface area contributed by atoms with Crippen LogP contribution in [0.4, 0.5) is 5.69 Å². The molecule has 0 saturated heterocycles. The van der Waals surface area contributed by atoms with Crippen molar-refractivity contribution in [1.82, 2.24) is 4.73 Å². The highest BCUT2D eigenvalue weighted by atomic mass is 16.7. The number of carbonyl (C=O) groups is 3. The molecule has 0 atom stereocenters. The number of benzene rings is 1. The van der Waals surface area contributed by atoms with Gasteiger partial charge in [0.2, 0.25) is 11.8 Å². The molecular weight excluding hydrogens is 372 g/mol. The molecule has 0 spiro atoms. The Morgan fingerprint density at radius 2 is 1.79 bits per heavy atom. The van der Waals surface area contributed by atoms with Gasteiger partial charge in [0.15, 0.2) is 5.78 Å². The van der Waals surface area contributed by atoms with Crippen LogP contribution in [0.3, 0.4) is 0 Å². The van der Waals surface area contributed by atoms with Crippen molar-refractivity contribution in [2.75, 3.05) is 5.32 Å². The summed E-state index contributed by atoms with van der Waals surface area (Å²) in [4.78, 5) is 42.4. The largest absolute Gasteiger partial charge is 0.492 e. The summed E-state index contributed by atoms with van der Waals surface area (Å²) in [6.45, 7) is 6.42. The summed E-state index contributed by atoms with van der Waals surface area (Å²) in [6, 6.07) is 4.94. The number of aromatic hydroxyl groups is 1. The van der Waals surface area contributed by atoms with Gasteiger partial charge in [0.05, 0.1) is 16.5 Å². The summed E-state index contributed by atoms with van der Waals surface area (Å²) in [6.07, 6.45) is 5.03. The molecule has 7 nitrogen and oxygen atoms in total. The number of hydrogen-bond acceptors (Lipinski definition) is 5. The Labute approximate surface area is 170 Å². The van der Waals surface area contributed by atoms with Gasteiger partial charge in [-0.2, -0.15) is 0 Å². The number of amides is 1. The zero-order valence-electron chi connectivity index (χ0n) is 17.4. The maximum absolute atomic E-state index is 12.6. The first-order valence-corrected chi connectivity index (χ1v) is 10.0. The zero-order valence-corrected chi connectivity index (χ0v) is 17.4. The highest BCUT2D eigenvalue weighted by Crippen LogP contribution is 2.34. The van der Waals surface area contributed by atoms with Crippen LogP contribution >= 0.6 is 0 Å². The van der Waals surface area contributed by atoms with Gasteiger partial charge in [-0.3, -0.25) is 9.59 Å². The fraction of sp³-hybridized carbons (Fsp3) is 0.500. The van der Waals surface area contributed by atoms with E-state index in [1.54, 1.807) is 39.0 Å². The molecule has 3 rings (SSSR count). The van der Waals surface area contributed by atoms with Crippen LogP contribution in [-0.2, 0) is 9.59 Å². The van der Waals surface area contributed by atoms with Crippen LogP contribution in [0.15, 0.2) is 18.2 Å². The number of ketones is 1. The van der Waals surface area contributed by atoms with Crippen molar-refractivity contribution < 1.29 is 24.3 Å². The predicted octanol–water partition coefficient (Wildman–Crippen LogP) is 4.07. The summed E-state index contributed by atoms with van der Waals surface area (Å²) in [5.41, 5.74) is 0.138. The molecule has 1 heterocycles. The molecule has 0 bridgehead atoms. The fourth-order valence-corrected chi connectivity index (χ4v) is 3.59. The molecular formula is C22H28N2O5. The summed E-state index contributed by atoms with van der Waals surface area (Å²) in [7, 11) is 0. The van der Waals surface area contributed by atoms with Crippen molar-refractivity contribution in [3.63, 3.8) is 0 Å². The average molecular weight is 400 g/mol. The first kappa shape index (κ1) is 20.9. The number of carbonyl (C=O) groups excluding carboxylic acids is 3. The highest BCUT2D eigenvalue weighted by molar-refractivity contribution is 6.10. The van der Waals surface area contributed by atoms with Crippen molar-refractivity contribution in [2.24, 2.45) is 11.3 Å². The van der Waals surface area contributed by atoms with Crippen molar-refractivity contribution >= 4 is 34.3 Å². The second-order valence-electron chi connectivity index (χ2n) is 8.73. The lowest BCUT2D eigenvalue weighted by molar-refractivity contribution is -0.153. The van der Waals surface area contributed by atoms with E-state index in [9.17, 15) is 19.5 Å². The van der Waals surface area contributed by atoms with Gasteiger partial charge in [0.1, 0.15) is 0 Å². The Bertz CT molecular complexity index is 962. The monoisotopic (exact) mass is 400 g/mol. The Hall–Kier alpha value is -2.83. The minimum atomic E-state index is -0.799. The van der Waals surface area contributed by atoms with E-state index >= 15 is 0 Å².